The maximum atomic E-state index is 11.7. The third kappa shape index (κ3) is 4.99. The van der Waals surface area contributed by atoms with Crippen molar-refractivity contribution in [3.8, 4) is 5.75 Å². The summed E-state index contributed by atoms with van der Waals surface area (Å²) in [6, 6.07) is 5.48. The van der Waals surface area contributed by atoms with Gasteiger partial charge in [0, 0.05) is 6.54 Å². The van der Waals surface area contributed by atoms with Gasteiger partial charge in [0.1, 0.15) is 12.2 Å². The Morgan fingerprint density at radius 1 is 1.26 bits per heavy atom. The molecule has 0 atom stereocenters. The molecule has 0 saturated carbocycles. The van der Waals surface area contributed by atoms with Crippen LogP contribution in [0, 0.1) is 6.92 Å². The van der Waals surface area contributed by atoms with Crippen LogP contribution in [0.1, 0.15) is 25.3 Å². The van der Waals surface area contributed by atoms with Crippen LogP contribution in [0.3, 0.4) is 0 Å². The molecule has 0 unspecified atom stereocenters. The molecule has 1 aromatic rings. The zero-order chi connectivity index (χ0) is 14.3. The van der Waals surface area contributed by atoms with Crippen LogP contribution in [0.15, 0.2) is 18.2 Å². The Kier molecular flexibility index (Phi) is 5.85. The van der Waals surface area contributed by atoms with Crippen LogP contribution < -0.4 is 15.4 Å². The molecular formula is C14H20N2O3. The van der Waals surface area contributed by atoms with Gasteiger partial charge in [0.2, 0.25) is 11.8 Å². The van der Waals surface area contributed by atoms with E-state index >= 15 is 0 Å². The quantitative estimate of drug-likeness (QED) is 0.771. The highest BCUT2D eigenvalue weighted by Gasteiger charge is 2.11. The topological polar surface area (TPSA) is 67.4 Å². The van der Waals surface area contributed by atoms with Gasteiger partial charge in [0.05, 0.1) is 12.8 Å². The van der Waals surface area contributed by atoms with E-state index in [9.17, 15) is 9.59 Å². The summed E-state index contributed by atoms with van der Waals surface area (Å²) in [4.78, 5) is 23.2. The van der Waals surface area contributed by atoms with Crippen molar-refractivity contribution in [2.24, 2.45) is 0 Å². The largest absolute Gasteiger partial charge is 0.495 e. The van der Waals surface area contributed by atoms with Crippen LogP contribution in [-0.4, -0.2) is 25.5 Å². The first-order valence-electron chi connectivity index (χ1n) is 6.28. The molecular weight excluding hydrogens is 244 g/mol. The summed E-state index contributed by atoms with van der Waals surface area (Å²) in [6.07, 6.45) is 0.663. The molecule has 0 saturated heterocycles. The molecule has 1 rings (SSSR count). The number of aryl methyl sites for hydroxylation is 1. The molecule has 2 N–H and O–H groups in total. The molecule has 0 spiro atoms. The van der Waals surface area contributed by atoms with E-state index in [1.165, 1.54) is 7.11 Å². The highest BCUT2D eigenvalue weighted by molar-refractivity contribution is 6.04. The van der Waals surface area contributed by atoms with E-state index < -0.39 is 0 Å². The number of rotatable bonds is 6. The average Bonchev–Trinajstić information content (AvgIpc) is 2.36. The fourth-order valence-electron chi connectivity index (χ4n) is 1.59. The first-order chi connectivity index (χ1) is 9.06. The molecule has 5 nitrogen and oxygen atoms in total. The van der Waals surface area contributed by atoms with Gasteiger partial charge in [0.15, 0.2) is 0 Å². The summed E-state index contributed by atoms with van der Waals surface area (Å²) >= 11 is 0. The molecule has 0 fully saturated rings. The predicted octanol–water partition coefficient (Wildman–Crippen LogP) is 1.86. The fourth-order valence-corrected chi connectivity index (χ4v) is 1.59. The van der Waals surface area contributed by atoms with E-state index in [0.29, 0.717) is 18.0 Å². The van der Waals surface area contributed by atoms with Crippen LogP contribution >= 0.6 is 0 Å². The van der Waals surface area contributed by atoms with Gasteiger partial charge < -0.3 is 15.4 Å². The van der Waals surface area contributed by atoms with Gasteiger partial charge in [-0.05, 0) is 31.0 Å². The lowest BCUT2D eigenvalue weighted by Gasteiger charge is -2.11. The Morgan fingerprint density at radius 3 is 2.63 bits per heavy atom. The van der Waals surface area contributed by atoms with Gasteiger partial charge in [-0.2, -0.15) is 0 Å². The number of anilines is 1. The summed E-state index contributed by atoms with van der Waals surface area (Å²) in [5.74, 6) is -0.0450. The van der Waals surface area contributed by atoms with Crippen molar-refractivity contribution in [3.63, 3.8) is 0 Å². The Morgan fingerprint density at radius 2 is 2.00 bits per heavy atom. The molecule has 0 aromatic heterocycles. The van der Waals surface area contributed by atoms with Crippen molar-refractivity contribution in [1.29, 1.82) is 0 Å². The lowest BCUT2D eigenvalue weighted by atomic mass is 10.2. The number of hydrogen-bond donors (Lipinski definition) is 2. The number of methoxy groups -OCH3 is 1. The first-order valence-corrected chi connectivity index (χ1v) is 6.28. The van der Waals surface area contributed by atoms with Crippen LogP contribution in [0.4, 0.5) is 5.69 Å². The Bertz CT molecular complexity index is 458. The summed E-state index contributed by atoms with van der Waals surface area (Å²) in [6.45, 7) is 4.46. The smallest absolute Gasteiger partial charge is 0.233 e. The first kappa shape index (κ1) is 15.0. The maximum Gasteiger partial charge on any atom is 0.233 e. The summed E-state index contributed by atoms with van der Waals surface area (Å²) in [5.41, 5.74) is 1.59. The standard InChI is InChI=1S/C14H20N2O3/c1-4-7-15-13(17)9-14(18)16-11-8-10(2)5-6-12(11)19-3/h5-6,8H,4,7,9H2,1-3H3,(H,15,17)(H,16,18). The van der Waals surface area contributed by atoms with Crippen molar-refractivity contribution in [2.75, 3.05) is 19.0 Å². The SMILES string of the molecule is CCCNC(=O)CC(=O)Nc1cc(C)ccc1OC. The summed E-state index contributed by atoms with van der Waals surface area (Å²) < 4.78 is 5.16. The number of carbonyl (C=O) groups is 2. The van der Waals surface area contributed by atoms with E-state index in [1.807, 2.05) is 19.9 Å². The molecule has 0 aliphatic carbocycles. The molecule has 0 aliphatic heterocycles. The van der Waals surface area contributed by atoms with Gasteiger partial charge in [-0.3, -0.25) is 9.59 Å². The fraction of sp³-hybridized carbons (Fsp3) is 0.429. The third-order valence-corrected chi connectivity index (χ3v) is 2.52. The van der Waals surface area contributed by atoms with E-state index in [0.717, 1.165) is 12.0 Å². The molecule has 104 valence electrons. The Hall–Kier alpha value is -2.04. The van der Waals surface area contributed by atoms with Gasteiger partial charge in [0.25, 0.3) is 0 Å². The van der Waals surface area contributed by atoms with Crippen molar-refractivity contribution >= 4 is 17.5 Å². The van der Waals surface area contributed by atoms with Crippen LogP contribution in [0.25, 0.3) is 0 Å². The van der Waals surface area contributed by atoms with Crippen molar-refractivity contribution < 1.29 is 14.3 Å². The number of carbonyl (C=O) groups excluding carboxylic acids is 2. The highest BCUT2D eigenvalue weighted by atomic mass is 16.5. The van der Waals surface area contributed by atoms with Gasteiger partial charge in [-0.1, -0.05) is 13.0 Å². The number of nitrogens with one attached hydrogen (secondary N) is 2. The van der Waals surface area contributed by atoms with E-state index in [4.69, 9.17) is 4.74 Å². The highest BCUT2D eigenvalue weighted by Crippen LogP contribution is 2.25. The maximum absolute atomic E-state index is 11.7. The minimum atomic E-state index is -0.350. The number of benzene rings is 1. The van der Waals surface area contributed by atoms with Gasteiger partial charge in [-0.15, -0.1) is 0 Å². The number of hydrogen-bond acceptors (Lipinski definition) is 3. The van der Waals surface area contributed by atoms with Crippen LogP contribution in [-0.2, 0) is 9.59 Å². The summed E-state index contributed by atoms with van der Waals surface area (Å²) in [7, 11) is 1.54. The molecule has 0 radical (unpaired) electrons. The van der Waals surface area contributed by atoms with Crippen LogP contribution in [0.2, 0.25) is 0 Å². The van der Waals surface area contributed by atoms with Gasteiger partial charge in [-0.25, -0.2) is 0 Å². The monoisotopic (exact) mass is 264 g/mol. The number of ether oxygens (including phenoxy) is 1. The number of amides is 2. The Labute approximate surface area is 113 Å². The lowest BCUT2D eigenvalue weighted by Crippen LogP contribution is -2.28. The molecule has 0 heterocycles. The predicted molar refractivity (Wildman–Crippen MR) is 74.3 cm³/mol. The zero-order valence-corrected chi connectivity index (χ0v) is 11.6. The molecule has 1 aromatic carbocycles. The molecule has 5 heteroatoms. The van der Waals surface area contributed by atoms with Crippen molar-refractivity contribution in [1.82, 2.24) is 5.32 Å². The van der Waals surface area contributed by atoms with E-state index in [2.05, 4.69) is 10.6 Å². The summed E-state index contributed by atoms with van der Waals surface area (Å²) in [5, 5.41) is 5.34. The average molecular weight is 264 g/mol. The van der Waals surface area contributed by atoms with Crippen molar-refractivity contribution in [3.05, 3.63) is 23.8 Å². The second-order valence-corrected chi connectivity index (χ2v) is 4.28. The van der Waals surface area contributed by atoms with Crippen LogP contribution in [0.5, 0.6) is 5.75 Å². The molecule has 0 aliphatic rings. The minimum absolute atomic E-state index is 0.183. The van der Waals surface area contributed by atoms with Gasteiger partial charge >= 0.3 is 0 Å². The minimum Gasteiger partial charge on any atom is -0.495 e. The third-order valence-electron chi connectivity index (χ3n) is 2.52. The zero-order valence-electron chi connectivity index (χ0n) is 11.6. The second-order valence-electron chi connectivity index (χ2n) is 4.28. The van der Waals surface area contributed by atoms with Crippen molar-refractivity contribution in [2.45, 2.75) is 26.7 Å². The molecule has 2 amide bonds. The second kappa shape index (κ2) is 7.41. The lowest BCUT2D eigenvalue weighted by molar-refractivity contribution is -0.126. The van der Waals surface area contributed by atoms with E-state index in [-0.39, 0.29) is 18.2 Å². The molecule has 19 heavy (non-hydrogen) atoms. The molecule has 0 bridgehead atoms. The Balaban J connectivity index is 2.61. The van der Waals surface area contributed by atoms with E-state index in [1.54, 1.807) is 12.1 Å². The normalized spacial score (nSPS) is 9.84.